The van der Waals surface area contributed by atoms with Gasteiger partial charge in [-0.3, -0.25) is 9.59 Å². The molecule has 1 aromatic heterocycles. The highest BCUT2D eigenvalue weighted by atomic mass is 16.3. The minimum Gasteiger partial charge on any atom is -0.464 e. The predicted octanol–water partition coefficient (Wildman–Crippen LogP) is 3.63. The highest BCUT2D eigenvalue weighted by Gasteiger charge is 2.29. The lowest BCUT2D eigenvalue weighted by Crippen LogP contribution is -2.34. The van der Waals surface area contributed by atoms with Crippen LogP contribution in [0.3, 0.4) is 0 Å². The van der Waals surface area contributed by atoms with Gasteiger partial charge in [-0.2, -0.15) is 5.26 Å². The molecule has 5 heteroatoms. The van der Waals surface area contributed by atoms with Crippen LogP contribution >= 0.6 is 0 Å². The third-order valence-electron chi connectivity index (χ3n) is 4.27. The number of benzene rings is 2. The van der Waals surface area contributed by atoms with Crippen molar-refractivity contribution in [3.8, 4) is 6.07 Å². The van der Waals surface area contributed by atoms with E-state index in [1.807, 2.05) is 55.5 Å². The maximum Gasteiger partial charge on any atom is 0.245 e. The van der Waals surface area contributed by atoms with Crippen molar-refractivity contribution in [3.63, 3.8) is 0 Å². The van der Waals surface area contributed by atoms with Gasteiger partial charge in [0, 0.05) is 11.9 Å². The fourth-order valence-corrected chi connectivity index (χ4v) is 2.77. The standard InChI is InChI=1S/C21H18N2O3/c1-2-14-8-9-19-16(10-14)18(13-26-19)20(24)17(11-22)21(25)23-12-15-6-4-3-5-7-15/h3-10,13,17H,2,12H2,1H3,(H,23,25). The number of nitriles is 1. The molecule has 1 unspecified atom stereocenters. The molecule has 3 rings (SSSR count). The van der Waals surface area contributed by atoms with Gasteiger partial charge in [0.2, 0.25) is 5.91 Å². The van der Waals surface area contributed by atoms with Gasteiger partial charge in [0.05, 0.1) is 11.6 Å². The number of carbonyl (C=O) groups is 2. The van der Waals surface area contributed by atoms with Crippen molar-refractivity contribution < 1.29 is 14.0 Å². The zero-order valence-corrected chi connectivity index (χ0v) is 14.4. The van der Waals surface area contributed by atoms with Gasteiger partial charge in [0.1, 0.15) is 11.8 Å². The average molecular weight is 346 g/mol. The number of Topliss-reactive ketones (excluding diaryl/α,β-unsaturated/α-hetero) is 1. The smallest absolute Gasteiger partial charge is 0.245 e. The van der Waals surface area contributed by atoms with Crippen LogP contribution in [-0.4, -0.2) is 11.7 Å². The van der Waals surface area contributed by atoms with Crippen molar-refractivity contribution in [2.24, 2.45) is 5.92 Å². The van der Waals surface area contributed by atoms with Crippen molar-refractivity contribution in [1.29, 1.82) is 5.26 Å². The Hall–Kier alpha value is -3.39. The Morgan fingerprint density at radius 3 is 2.62 bits per heavy atom. The summed E-state index contributed by atoms with van der Waals surface area (Å²) in [6, 6.07) is 16.7. The molecule has 0 saturated carbocycles. The number of ketones is 1. The molecule has 1 N–H and O–H groups in total. The molecule has 2 aromatic carbocycles. The van der Waals surface area contributed by atoms with E-state index in [1.165, 1.54) is 6.26 Å². The number of rotatable bonds is 6. The van der Waals surface area contributed by atoms with Crippen molar-refractivity contribution in [3.05, 3.63) is 71.5 Å². The van der Waals surface area contributed by atoms with Crippen LogP contribution < -0.4 is 5.32 Å². The fourth-order valence-electron chi connectivity index (χ4n) is 2.77. The van der Waals surface area contributed by atoms with Crippen molar-refractivity contribution >= 4 is 22.7 Å². The summed E-state index contributed by atoms with van der Waals surface area (Å²) >= 11 is 0. The predicted molar refractivity (Wildman–Crippen MR) is 97.3 cm³/mol. The molecular weight excluding hydrogens is 328 g/mol. The molecule has 1 heterocycles. The molecule has 0 aliphatic rings. The van der Waals surface area contributed by atoms with Crippen LogP contribution in [0.4, 0.5) is 0 Å². The third-order valence-corrected chi connectivity index (χ3v) is 4.27. The highest BCUT2D eigenvalue weighted by molar-refractivity contribution is 6.17. The summed E-state index contributed by atoms with van der Waals surface area (Å²) in [5.74, 6) is -2.57. The Bertz CT molecular complexity index is 983. The Balaban J connectivity index is 1.80. The molecule has 0 spiro atoms. The second kappa shape index (κ2) is 7.66. The van der Waals surface area contributed by atoms with E-state index in [9.17, 15) is 14.9 Å². The van der Waals surface area contributed by atoms with Crippen LogP contribution in [0.25, 0.3) is 11.0 Å². The first-order valence-electron chi connectivity index (χ1n) is 8.39. The first kappa shape index (κ1) is 17.4. The van der Waals surface area contributed by atoms with Crippen LogP contribution in [0.15, 0.2) is 59.2 Å². The number of nitrogens with zero attached hydrogens (tertiary/aromatic N) is 1. The Morgan fingerprint density at radius 2 is 1.92 bits per heavy atom. The van der Waals surface area contributed by atoms with Crippen molar-refractivity contribution in [1.82, 2.24) is 5.32 Å². The van der Waals surface area contributed by atoms with Gasteiger partial charge in [0.15, 0.2) is 11.7 Å². The molecule has 0 aliphatic heterocycles. The summed E-state index contributed by atoms with van der Waals surface area (Å²) in [7, 11) is 0. The van der Waals surface area contributed by atoms with E-state index >= 15 is 0 Å². The van der Waals surface area contributed by atoms with Gasteiger partial charge in [-0.15, -0.1) is 0 Å². The fraction of sp³-hybridized carbons (Fsp3) is 0.190. The minimum absolute atomic E-state index is 0.261. The van der Waals surface area contributed by atoms with E-state index in [-0.39, 0.29) is 12.1 Å². The van der Waals surface area contributed by atoms with E-state index in [0.717, 1.165) is 17.5 Å². The quantitative estimate of drug-likeness (QED) is 0.546. The van der Waals surface area contributed by atoms with Gasteiger partial charge in [-0.25, -0.2) is 0 Å². The van der Waals surface area contributed by atoms with E-state index in [1.54, 1.807) is 6.07 Å². The molecule has 0 bridgehead atoms. The minimum atomic E-state index is -1.41. The first-order chi connectivity index (χ1) is 12.6. The summed E-state index contributed by atoms with van der Waals surface area (Å²) in [5.41, 5.74) is 2.77. The van der Waals surface area contributed by atoms with E-state index < -0.39 is 17.6 Å². The summed E-state index contributed by atoms with van der Waals surface area (Å²) < 4.78 is 5.41. The van der Waals surface area contributed by atoms with E-state index in [0.29, 0.717) is 11.0 Å². The zero-order valence-electron chi connectivity index (χ0n) is 14.4. The van der Waals surface area contributed by atoms with Gasteiger partial charge >= 0.3 is 0 Å². The van der Waals surface area contributed by atoms with Crippen LogP contribution in [-0.2, 0) is 17.8 Å². The van der Waals surface area contributed by atoms with E-state index in [2.05, 4.69) is 5.32 Å². The van der Waals surface area contributed by atoms with Crippen LogP contribution in [0.2, 0.25) is 0 Å². The number of hydrogen-bond donors (Lipinski definition) is 1. The summed E-state index contributed by atoms with van der Waals surface area (Å²) in [4.78, 5) is 25.1. The maximum atomic E-state index is 12.8. The number of carbonyl (C=O) groups excluding carboxylic acids is 2. The number of nitrogens with one attached hydrogen (secondary N) is 1. The average Bonchev–Trinajstić information content (AvgIpc) is 3.10. The number of fused-ring (bicyclic) bond motifs is 1. The van der Waals surface area contributed by atoms with Gasteiger partial charge in [-0.05, 0) is 29.7 Å². The molecule has 3 aromatic rings. The molecular formula is C21H18N2O3. The van der Waals surface area contributed by atoms with Gasteiger partial charge in [-0.1, -0.05) is 43.3 Å². The second-order valence-electron chi connectivity index (χ2n) is 5.96. The van der Waals surface area contributed by atoms with Gasteiger partial charge < -0.3 is 9.73 Å². The topological polar surface area (TPSA) is 83.1 Å². The summed E-state index contributed by atoms with van der Waals surface area (Å²) in [6.45, 7) is 2.27. The maximum absolute atomic E-state index is 12.8. The normalized spacial score (nSPS) is 11.7. The number of hydrogen-bond acceptors (Lipinski definition) is 4. The largest absolute Gasteiger partial charge is 0.464 e. The molecule has 0 fully saturated rings. The Morgan fingerprint density at radius 1 is 1.15 bits per heavy atom. The lowest BCUT2D eigenvalue weighted by molar-refractivity contribution is -0.122. The zero-order chi connectivity index (χ0) is 18.5. The first-order valence-corrected chi connectivity index (χ1v) is 8.39. The van der Waals surface area contributed by atoms with Crippen LogP contribution in [0, 0.1) is 17.2 Å². The van der Waals surface area contributed by atoms with Crippen molar-refractivity contribution in [2.45, 2.75) is 19.9 Å². The monoisotopic (exact) mass is 346 g/mol. The lowest BCUT2D eigenvalue weighted by atomic mass is 9.96. The Labute approximate surface area is 151 Å². The SMILES string of the molecule is CCc1ccc2occ(C(=O)C(C#N)C(=O)NCc3ccccc3)c2c1. The highest BCUT2D eigenvalue weighted by Crippen LogP contribution is 2.25. The molecule has 0 saturated heterocycles. The third kappa shape index (κ3) is 3.50. The van der Waals surface area contributed by atoms with Gasteiger partial charge in [0.25, 0.3) is 0 Å². The lowest BCUT2D eigenvalue weighted by Gasteiger charge is -2.09. The summed E-state index contributed by atoms with van der Waals surface area (Å²) in [5, 5.41) is 12.7. The molecule has 130 valence electrons. The number of amides is 1. The molecule has 5 nitrogen and oxygen atoms in total. The molecule has 26 heavy (non-hydrogen) atoms. The van der Waals surface area contributed by atoms with Crippen molar-refractivity contribution in [2.75, 3.05) is 0 Å². The van der Waals surface area contributed by atoms with E-state index in [4.69, 9.17) is 4.42 Å². The summed E-state index contributed by atoms with van der Waals surface area (Å²) in [6.07, 6.45) is 2.13. The van der Waals surface area contributed by atoms with Crippen LogP contribution in [0.5, 0.6) is 0 Å². The number of aryl methyl sites for hydroxylation is 1. The molecule has 0 aliphatic carbocycles. The van der Waals surface area contributed by atoms with Crippen LogP contribution in [0.1, 0.15) is 28.4 Å². The number of furan rings is 1. The molecule has 1 atom stereocenters. The molecule has 1 amide bonds. The Kier molecular flexibility index (Phi) is 5.14. The second-order valence-corrected chi connectivity index (χ2v) is 5.96. The molecule has 0 radical (unpaired) electrons.